The molecule has 7 nitrogen and oxygen atoms in total. The smallest absolute Gasteiger partial charge is 0.268 e. The second-order valence-electron chi connectivity index (χ2n) is 7.95. The highest BCUT2D eigenvalue weighted by Crippen LogP contribution is 2.31. The molecule has 1 fully saturated rings. The van der Waals surface area contributed by atoms with Crippen molar-refractivity contribution in [2.45, 2.75) is 44.6 Å². The van der Waals surface area contributed by atoms with Crippen LogP contribution in [0.2, 0.25) is 0 Å². The Balaban J connectivity index is 1.97. The van der Waals surface area contributed by atoms with E-state index in [4.69, 9.17) is 9.47 Å². The van der Waals surface area contributed by atoms with Crippen LogP contribution in [-0.2, 0) is 19.6 Å². The van der Waals surface area contributed by atoms with Crippen LogP contribution >= 0.6 is 0 Å². The Morgan fingerprint density at radius 2 is 1.84 bits per heavy atom. The highest BCUT2D eigenvalue weighted by atomic mass is 32.2. The Labute approximate surface area is 184 Å². The molecule has 1 aliphatic rings. The summed E-state index contributed by atoms with van der Waals surface area (Å²) in [6.45, 7) is 6.32. The molecule has 3 rings (SSSR count). The molecule has 1 atom stereocenters. The van der Waals surface area contributed by atoms with E-state index in [1.54, 1.807) is 30.3 Å². The minimum absolute atomic E-state index is 0.0212. The summed E-state index contributed by atoms with van der Waals surface area (Å²) >= 11 is 0. The average molecular weight is 447 g/mol. The topological polar surface area (TPSA) is 84.9 Å². The highest BCUT2D eigenvalue weighted by Gasteiger charge is 2.30. The van der Waals surface area contributed by atoms with Gasteiger partial charge < -0.3 is 14.8 Å². The van der Waals surface area contributed by atoms with Crippen molar-refractivity contribution >= 4 is 21.6 Å². The Hall–Kier alpha value is -2.58. The van der Waals surface area contributed by atoms with Crippen molar-refractivity contribution in [2.75, 3.05) is 31.1 Å². The van der Waals surface area contributed by atoms with Crippen molar-refractivity contribution in [2.24, 2.45) is 0 Å². The SMILES string of the molecule is COc1ccc(C)cc1S(=O)(=O)N(CC(=O)NC[C@@H]1CCCO1)c1cc(C)cc(C)c1. The summed E-state index contributed by atoms with van der Waals surface area (Å²) in [7, 11) is -2.64. The predicted molar refractivity (Wildman–Crippen MR) is 120 cm³/mol. The highest BCUT2D eigenvalue weighted by molar-refractivity contribution is 7.93. The molecule has 1 N–H and O–H groups in total. The second kappa shape index (κ2) is 9.70. The number of benzene rings is 2. The van der Waals surface area contributed by atoms with Crippen LogP contribution in [0, 0.1) is 20.8 Å². The van der Waals surface area contributed by atoms with Crippen LogP contribution in [0.3, 0.4) is 0 Å². The summed E-state index contributed by atoms with van der Waals surface area (Å²) in [5, 5.41) is 2.82. The van der Waals surface area contributed by atoms with Gasteiger partial charge >= 0.3 is 0 Å². The van der Waals surface area contributed by atoms with Gasteiger partial charge in [0.05, 0.1) is 18.9 Å². The van der Waals surface area contributed by atoms with E-state index in [2.05, 4.69) is 5.32 Å². The van der Waals surface area contributed by atoms with Gasteiger partial charge in [0.1, 0.15) is 17.2 Å². The molecule has 0 unspecified atom stereocenters. The standard InChI is InChI=1S/C23H30N2O5S/c1-16-7-8-21(29-4)22(13-16)31(27,28)25(19-11-17(2)10-18(3)12-19)15-23(26)24-14-20-6-5-9-30-20/h7-8,10-13,20H,5-6,9,14-15H2,1-4H3,(H,24,26)/t20-/m0/s1. The Kier molecular flexibility index (Phi) is 7.23. The van der Waals surface area contributed by atoms with Gasteiger partial charge in [-0.3, -0.25) is 9.10 Å². The third-order valence-corrected chi connectivity index (χ3v) is 7.01. The van der Waals surface area contributed by atoms with Gasteiger partial charge in [0.25, 0.3) is 10.0 Å². The van der Waals surface area contributed by atoms with Gasteiger partial charge in [0.15, 0.2) is 0 Å². The van der Waals surface area contributed by atoms with Crippen LogP contribution < -0.4 is 14.4 Å². The van der Waals surface area contributed by atoms with Gasteiger partial charge in [-0.2, -0.15) is 0 Å². The Morgan fingerprint density at radius 1 is 1.13 bits per heavy atom. The molecular weight excluding hydrogens is 416 g/mol. The van der Waals surface area contributed by atoms with Crippen molar-refractivity contribution in [3.63, 3.8) is 0 Å². The van der Waals surface area contributed by atoms with Crippen LogP contribution in [0.5, 0.6) is 5.75 Å². The van der Waals surface area contributed by atoms with Crippen molar-refractivity contribution in [3.05, 3.63) is 53.1 Å². The van der Waals surface area contributed by atoms with Gasteiger partial charge in [-0.25, -0.2) is 8.42 Å². The molecule has 0 spiro atoms. The van der Waals surface area contributed by atoms with Crippen molar-refractivity contribution < 1.29 is 22.7 Å². The number of hydrogen-bond acceptors (Lipinski definition) is 5. The molecule has 2 aromatic rings. The number of sulfonamides is 1. The number of amides is 1. The quantitative estimate of drug-likeness (QED) is 0.674. The fourth-order valence-electron chi connectivity index (χ4n) is 3.73. The molecule has 0 saturated carbocycles. The third kappa shape index (κ3) is 5.57. The molecule has 0 radical (unpaired) electrons. The summed E-state index contributed by atoms with van der Waals surface area (Å²) < 4.78 is 39.5. The molecule has 1 saturated heterocycles. The van der Waals surface area contributed by atoms with E-state index in [1.165, 1.54) is 7.11 Å². The largest absolute Gasteiger partial charge is 0.495 e. The monoisotopic (exact) mass is 446 g/mol. The van der Waals surface area contributed by atoms with Crippen LogP contribution in [0.4, 0.5) is 5.69 Å². The molecule has 1 aliphatic heterocycles. The van der Waals surface area contributed by atoms with Crippen LogP contribution in [0.15, 0.2) is 41.3 Å². The lowest BCUT2D eigenvalue weighted by atomic mass is 10.1. The van der Waals surface area contributed by atoms with Gasteiger partial charge in [-0.1, -0.05) is 12.1 Å². The normalized spacial score (nSPS) is 16.2. The minimum atomic E-state index is -4.07. The molecule has 31 heavy (non-hydrogen) atoms. The van der Waals surface area contributed by atoms with E-state index in [0.29, 0.717) is 18.8 Å². The molecule has 0 bridgehead atoms. The average Bonchev–Trinajstić information content (AvgIpc) is 3.23. The first-order valence-corrected chi connectivity index (χ1v) is 11.8. The first kappa shape index (κ1) is 23.1. The maximum Gasteiger partial charge on any atom is 0.268 e. The summed E-state index contributed by atoms with van der Waals surface area (Å²) in [5.74, 6) is -0.149. The number of nitrogens with zero attached hydrogens (tertiary/aromatic N) is 1. The predicted octanol–water partition coefficient (Wildman–Crippen LogP) is 3.11. The zero-order chi connectivity index (χ0) is 22.6. The minimum Gasteiger partial charge on any atom is -0.495 e. The number of methoxy groups -OCH3 is 1. The molecule has 168 valence electrons. The number of carbonyl (C=O) groups excluding carboxylic acids is 1. The molecule has 1 amide bonds. The maximum atomic E-state index is 13.7. The van der Waals surface area contributed by atoms with Gasteiger partial charge in [-0.15, -0.1) is 0 Å². The lowest BCUT2D eigenvalue weighted by Crippen LogP contribution is -2.43. The van der Waals surface area contributed by atoms with Crippen LogP contribution in [0.25, 0.3) is 0 Å². The van der Waals surface area contributed by atoms with Crippen LogP contribution in [-0.4, -0.2) is 47.2 Å². The number of carbonyl (C=O) groups is 1. The number of nitrogens with one attached hydrogen (secondary N) is 1. The number of rotatable bonds is 8. The van der Waals surface area contributed by atoms with E-state index in [-0.39, 0.29) is 29.2 Å². The zero-order valence-corrected chi connectivity index (χ0v) is 19.3. The zero-order valence-electron chi connectivity index (χ0n) is 18.5. The molecule has 1 heterocycles. The van der Waals surface area contributed by atoms with E-state index in [9.17, 15) is 13.2 Å². The van der Waals surface area contributed by atoms with E-state index >= 15 is 0 Å². The molecule has 0 aliphatic carbocycles. The van der Waals surface area contributed by atoms with Gasteiger partial charge in [0, 0.05) is 13.2 Å². The fourth-order valence-corrected chi connectivity index (χ4v) is 5.38. The summed E-state index contributed by atoms with van der Waals surface area (Å²) in [6, 6.07) is 10.5. The fraction of sp³-hybridized carbons (Fsp3) is 0.435. The van der Waals surface area contributed by atoms with Crippen molar-refractivity contribution in [1.82, 2.24) is 5.32 Å². The van der Waals surface area contributed by atoms with E-state index in [0.717, 1.165) is 33.8 Å². The van der Waals surface area contributed by atoms with E-state index in [1.807, 2.05) is 26.8 Å². The molecule has 2 aromatic carbocycles. The summed E-state index contributed by atoms with van der Waals surface area (Å²) in [5.41, 5.74) is 3.04. The first-order chi connectivity index (χ1) is 14.7. The van der Waals surface area contributed by atoms with Crippen molar-refractivity contribution in [1.29, 1.82) is 0 Å². The molecule has 0 aromatic heterocycles. The number of aryl methyl sites for hydroxylation is 3. The van der Waals surface area contributed by atoms with Crippen LogP contribution in [0.1, 0.15) is 29.5 Å². The Bertz CT molecular complexity index is 1030. The summed E-state index contributed by atoms with van der Waals surface area (Å²) in [4.78, 5) is 12.8. The lowest BCUT2D eigenvalue weighted by molar-refractivity contribution is -0.120. The molecular formula is C23H30N2O5S. The van der Waals surface area contributed by atoms with Gasteiger partial charge in [0.2, 0.25) is 5.91 Å². The maximum absolute atomic E-state index is 13.7. The number of anilines is 1. The summed E-state index contributed by atoms with van der Waals surface area (Å²) in [6.07, 6.45) is 1.84. The second-order valence-corrected chi connectivity index (χ2v) is 9.78. The van der Waals surface area contributed by atoms with Crippen molar-refractivity contribution in [3.8, 4) is 5.75 Å². The molecule has 8 heteroatoms. The Morgan fingerprint density at radius 3 is 2.45 bits per heavy atom. The number of hydrogen-bond donors (Lipinski definition) is 1. The van der Waals surface area contributed by atoms with Gasteiger partial charge in [-0.05, 0) is 74.6 Å². The lowest BCUT2D eigenvalue weighted by Gasteiger charge is -2.26. The first-order valence-electron chi connectivity index (χ1n) is 10.3. The number of ether oxygens (including phenoxy) is 2. The third-order valence-electron chi connectivity index (χ3n) is 5.22. The van der Waals surface area contributed by atoms with E-state index < -0.39 is 10.0 Å².